The molecule has 4 heteroatoms. The van der Waals surface area contributed by atoms with E-state index in [1.165, 1.54) is 12.1 Å². The SMILES string of the molecule is C[Si]1(C)CC[Si](C)(C)[N-]1.[Li+]. The number of hydrogen-bond acceptors (Lipinski definition) is 0. The minimum absolute atomic E-state index is 0. The van der Waals surface area contributed by atoms with Crippen molar-refractivity contribution in [1.29, 1.82) is 0 Å². The van der Waals surface area contributed by atoms with Gasteiger partial charge in [-0.3, -0.25) is 0 Å². The van der Waals surface area contributed by atoms with Crippen LogP contribution in [0.25, 0.3) is 4.65 Å². The van der Waals surface area contributed by atoms with Gasteiger partial charge < -0.3 is 4.65 Å². The Hall–Kier alpha value is 0.991. The minimum Gasteiger partial charge on any atom is -0.667 e. The minimum atomic E-state index is -0.989. The molecule has 54 valence electrons. The third kappa shape index (κ3) is 2.93. The quantitative estimate of drug-likeness (QED) is 0.441. The summed E-state index contributed by atoms with van der Waals surface area (Å²) in [6.45, 7) is 9.53. The number of hydrogen-bond donors (Lipinski definition) is 0. The zero-order valence-corrected chi connectivity index (χ0v) is 9.86. The Kier molecular flexibility index (Phi) is 3.47. The second-order valence-corrected chi connectivity index (χ2v) is 13.4. The molecule has 0 radical (unpaired) electrons. The van der Waals surface area contributed by atoms with Crippen molar-refractivity contribution in [3.63, 3.8) is 0 Å². The van der Waals surface area contributed by atoms with Crippen molar-refractivity contribution in [3.8, 4) is 0 Å². The molecular weight excluding hydrogens is 149 g/mol. The Labute approximate surface area is 78.3 Å². The second-order valence-electron chi connectivity index (χ2n) is 4.24. The Morgan fingerprint density at radius 2 is 1.20 bits per heavy atom. The van der Waals surface area contributed by atoms with Crippen LogP contribution in [0.5, 0.6) is 0 Å². The van der Waals surface area contributed by atoms with Crippen molar-refractivity contribution >= 4 is 16.5 Å². The summed E-state index contributed by atoms with van der Waals surface area (Å²) in [4.78, 5) is 0. The fourth-order valence-corrected chi connectivity index (χ4v) is 13.9. The normalized spacial score (nSPS) is 27.6. The molecule has 1 aliphatic rings. The molecule has 1 saturated heterocycles. The Morgan fingerprint density at radius 1 is 0.900 bits per heavy atom. The maximum Gasteiger partial charge on any atom is 1.00 e. The van der Waals surface area contributed by atoms with Crippen LogP contribution < -0.4 is 18.9 Å². The van der Waals surface area contributed by atoms with Crippen LogP contribution in [0.4, 0.5) is 0 Å². The van der Waals surface area contributed by atoms with E-state index in [-0.39, 0.29) is 18.9 Å². The third-order valence-electron chi connectivity index (χ3n) is 1.95. The van der Waals surface area contributed by atoms with Crippen LogP contribution in [0.15, 0.2) is 0 Å². The molecule has 0 spiro atoms. The zero-order valence-electron chi connectivity index (χ0n) is 7.86. The van der Waals surface area contributed by atoms with Crippen molar-refractivity contribution in [1.82, 2.24) is 0 Å². The van der Waals surface area contributed by atoms with E-state index in [4.69, 9.17) is 4.65 Å². The Balaban J connectivity index is 0.000000810. The Morgan fingerprint density at radius 3 is 1.30 bits per heavy atom. The van der Waals surface area contributed by atoms with Gasteiger partial charge in [0.1, 0.15) is 0 Å². The first-order chi connectivity index (χ1) is 3.91. The van der Waals surface area contributed by atoms with Gasteiger partial charge in [0.05, 0.1) is 0 Å². The van der Waals surface area contributed by atoms with Crippen molar-refractivity contribution in [2.75, 3.05) is 0 Å². The van der Waals surface area contributed by atoms with Gasteiger partial charge >= 0.3 is 18.9 Å². The fraction of sp³-hybridized carbons (Fsp3) is 1.00. The van der Waals surface area contributed by atoms with Gasteiger partial charge in [-0.1, -0.05) is 54.7 Å². The van der Waals surface area contributed by atoms with E-state index < -0.39 is 16.5 Å². The summed E-state index contributed by atoms with van der Waals surface area (Å²) in [5, 5.41) is 0. The van der Waals surface area contributed by atoms with Gasteiger partial charge in [0, 0.05) is 0 Å². The molecule has 0 bridgehead atoms. The number of rotatable bonds is 0. The summed E-state index contributed by atoms with van der Waals surface area (Å²) < 4.78 is 4.93. The van der Waals surface area contributed by atoms with E-state index >= 15 is 0 Å². The van der Waals surface area contributed by atoms with E-state index in [0.29, 0.717) is 0 Å². The number of nitrogens with zero attached hydrogens (tertiary/aromatic N) is 1. The topological polar surface area (TPSA) is 14.1 Å². The molecular formula is C6H16LiNSi2. The van der Waals surface area contributed by atoms with Gasteiger partial charge in [0.15, 0.2) is 0 Å². The van der Waals surface area contributed by atoms with Gasteiger partial charge in [-0.15, -0.1) is 0 Å². The van der Waals surface area contributed by atoms with Gasteiger partial charge in [-0.05, 0) is 0 Å². The molecule has 0 aliphatic carbocycles. The van der Waals surface area contributed by atoms with Crippen molar-refractivity contribution < 1.29 is 18.9 Å². The third-order valence-corrected chi connectivity index (χ3v) is 10.2. The summed E-state index contributed by atoms with van der Waals surface area (Å²) in [7, 11) is -1.98. The summed E-state index contributed by atoms with van der Waals surface area (Å²) in [5.74, 6) is 0. The monoisotopic (exact) mass is 165 g/mol. The molecule has 1 rings (SSSR count). The van der Waals surface area contributed by atoms with Crippen LogP contribution in [0, 0.1) is 0 Å². The molecule has 1 heterocycles. The van der Waals surface area contributed by atoms with E-state index in [2.05, 4.69) is 26.2 Å². The summed E-state index contributed by atoms with van der Waals surface area (Å²) in [5.41, 5.74) is 0. The molecule has 10 heavy (non-hydrogen) atoms. The molecule has 0 atom stereocenters. The van der Waals surface area contributed by atoms with Crippen molar-refractivity contribution in [2.24, 2.45) is 0 Å². The van der Waals surface area contributed by atoms with E-state index in [0.717, 1.165) is 0 Å². The summed E-state index contributed by atoms with van der Waals surface area (Å²) >= 11 is 0. The maximum atomic E-state index is 4.93. The van der Waals surface area contributed by atoms with Crippen LogP contribution in [0.3, 0.4) is 0 Å². The van der Waals surface area contributed by atoms with E-state index in [1.54, 1.807) is 0 Å². The largest absolute Gasteiger partial charge is 1.00 e. The molecule has 0 unspecified atom stereocenters. The molecule has 0 aromatic rings. The molecule has 0 aromatic heterocycles. The fourth-order valence-electron chi connectivity index (χ4n) is 1.54. The van der Waals surface area contributed by atoms with Gasteiger partial charge in [0.25, 0.3) is 0 Å². The first-order valence-electron chi connectivity index (χ1n) is 3.65. The summed E-state index contributed by atoms with van der Waals surface area (Å²) in [6.07, 6.45) is 0. The van der Waals surface area contributed by atoms with Crippen molar-refractivity contribution in [2.45, 2.75) is 38.3 Å². The van der Waals surface area contributed by atoms with Gasteiger partial charge in [-0.2, -0.15) is 0 Å². The molecule has 1 fully saturated rings. The van der Waals surface area contributed by atoms with E-state index in [9.17, 15) is 0 Å². The van der Waals surface area contributed by atoms with Crippen LogP contribution in [0.2, 0.25) is 38.3 Å². The van der Waals surface area contributed by atoms with Crippen molar-refractivity contribution in [3.05, 3.63) is 4.65 Å². The first-order valence-corrected chi connectivity index (χ1v) is 9.96. The Bertz CT molecular complexity index is 111. The van der Waals surface area contributed by atoms with Crippen LogP contribution >= 0.6 is 0 Å². The molecule has 0 amide bonds. The molecule has 0 aromatic carbocycles. The zero-order chi connectivity index (χ0) is 7.12. The average molecular weight is 165 g/mol. The molecule has 1 aliphatic heterocycles. The molecule has 0 N–H and O–H groups in total. The standard InChI is InChI=1S/C6H16NSi2.Li/c1-8(2)5-6-9(3,4)7-8;/h5-6H2,1-4H3;/q-1;+1. The van der Waals surface area contributed by atoms with Gasteiger partial charge in [-0.25, -0.2) is 0 Å². The second kappa shape index (κ2) is 3.16. The molecule has 1 nitrogen and oxygen atoms in total. The first kappa shape index (κ1) is 11.0. The van der Waals surface area contributed by atoms with Crippen LogP contribution in [-0.2, 0) is 0 Å². The van der Waals surface area contributed by atoms with Gasteiger partial charge in [0.2, 0.25) is 0 Å². The van der Waals surface area contributed by atoms with Crippen LogP contribution in [0.1, 0.15) is 0 Å². The molecule has 0 saturated carbocycles. The predicted molar refractivity (Wildman–Crippen MR) is 47.9 cm³/mol. The van der Waals surface area contributed by atoms with E-state index in [1.807, 2.05) is 0 Å². The average Bonchev–Trinajstić information content (AvgIpc) is 1.78. The predicted octanol–water partition coefficient (Wildman–Crippen LogP) is -0.212. The smallest absolute Gasteiger partial charge is 0.667 e. The summed E-state index contributed by atoms with van der Waals surface area (Å²) in [6, 6.07) is 2.90. The maximum absolute atomic E-state index is 4.93. The van der Waals surface area contributed by atoms with Crippen LogP contribution in [-0.4, -0.2) is 16.5 Å².